The first-order chi connectivity index (χ1) is 8.49. The van der Waals surface area contributed by atoms with Crippen LogP contribution in [0.15, 0.2) is 18.2 Å². The number of anilines is 1. The number of rotatable bonds is 2. The van der Waals surface area contributed by atoms with Crippen LogP contribution in [0.25, 0.3) is 10.1 Å². The number of carbonyl (C=O) groups excluding carboxylic acids is 1. The summed E-state index contributed by atoms with van der Waals surface area (Å²) >= 11 is 1.18. The van der Waals surface area contributed by atoms with Crippen LogP contribution in [0.2, 0.25) is 0 Å². The first-order valence-electron chi connectivity index (χ1n) is 5.01. The number of hydrogen-bond donors (Lipinski definition) is 1. The van der Waals surface area contributed by atoms with E-state index in [1.807, 2.05) is 0 Å². The molecule has 0 saturated heterocycles. The van der Waals surface area contributed by atoms with Gasteiger partial charge in [0.2, 0.25) is 0 Å². The van der Waals surface area contributed by atoms with Crippen molar-refractivity contribution >= 4 is 39.2 Å². The molecule has 0 spiro atoms. The van der Waals surface area contributed by atoms with Gasteiger partial charge in [-0.2, -0.15) is 4.37 Å². The monoisotopic (exact) mass is 266 g/mol. The Morgan fingerprint density at radius 2 is 2.22 bits per heavy atom. The van der Waals surface area contributed by atoms with Gasteiger partial charge in [-0.15, -0.1) is 0 Å². The summed E-state index contributed by atoms with van der Waals surface area (Å²) in [7, 11) is 3.21. The highest BCUT2D eigenvalue weighted by Crippen LogP contribution is 2.30. The van der Waals surface area contributed by atoms with E-state index in [1.54, 1.807) is 20.2 Å². The number of nitro groups is 1. The van der Waals surface area contributed by atoms with Gasteiger partial charge in [-0.25, -0.2) is 4.79 Å². The van der Waals surface area contributed by atoms with E-state index in [2.05, 4.69) is 9.69 Å². The fraction of sp³-hybridized carbons (Fsp3) is 0.200. The smallest absolute Gasteiger partial charge is 0.322 e. The van der Waals surface area contributed by atoms with Gasteiger partial charge in [0.1, 0.15) is 0 Å². The number of amides is 2. The van der Waals surface area contributed by atoms with Crippen LogP contribution in [0.1, 0.15) is 0 Å². The van der Waals surface area contributed by atoms with Crippen molar-refractivity contribution in [1.29, 1.82) is 0 Å². The quantitative estimate of drug-likeness (QED) is 0.667. The fourth-order valence-corrected chi connectivity index (χ4v) is 2.06. The van der Waals surface area contributed by atoms with E-state index in [9.17, 15) is 14.9 Å². The zero-order valence-corrected chi connectivity index (χ0v) is 10.5. The molecule has 0 saturated carbocycles. The number of nitrogens with zero attached hydrogens (tertiary/aromatic N) is 3. The van der Waals surface area contributed by atoms with Crippen molar-refractivity contribution in [2.24, 2.45) is 0 Å². The topological polar surface area (TPSA) is 88.4 Å². The second-order valence-electron chi connectivity index (χ2n) is 3.79. The van der Waals surface area contributed by atoms with Crippen molar-refractivity contribution in [2.45, 2.75) is 0 Å². The molecule has 0 aliphatic heterocycles. The molecule has 0 unspecified atom stereocenters. The van der Waals surface area contributed by atoms with Gasteiger partial charge in [0.25, 0.3) is 5.69 Å². The fourth-order valence-electron chi connectivity index (χ4n) is 1.34. The largest absolute Gasteiger partial charge is 0.331 e. The van der Waals surface area contributed by atoms with Gasteiger partial charge in [-0.05, 0) is 17.6 Å². The van der Waals surface area contributed by atoms with Gasteiger partial charge in [-0.1, -0.05) is 0 Å². The maximum atomic E-state index is 11.5. The van der Waals surface area contributed by atoms with Crippen molar-refractivity contribution < 1.29 is 9.72 Å². The Hall–Kier alpha value is -2.22. The van der Waals surface area contributed by atoms with Crippen LogP contribution in [-0.4, -0.2) is 34.3 Å². The Morgan fingerprint density at radius 3 is 2.83 bits per heavy atom. The van der Waals surface area contributed by atoms with Gasteiger partial charge < -0.3 is 4.90 Å². The lowest BCUT2D eigenvalue weighted by molar-refractivity contribution is -0.384. The minimum absolute atomic E-state index is 0.0250. The first kappa shape index (κ1) is 12.2. The normalized spacial score (nSPS) is 10.3. The third-order valence-corrected chi connectivity index (χ3v) is 3.12. The number of non-ortho nitro benzene ring substituents is 1. The lowest BCUT2D eigenvalue weighted by Gasteiger charge is -2.10. The predicted molar refractivity (Wildman–Crippen MR) is 69.0 cm³/mol. The number of urea groups is 1. The SMILES string of the molecule is CN(C)C(=O)Nc1nsc2ccc([N+](=O)[O-])cc12. The standard InChI is InChI=1S/C10H10N4O3S/c1-13(2)10(15)11-9-7-5-6(14(16)17)3-4-8(7)18-12-9/h3-5H,1-2H3,(H,11,12,15). The van der Waals surface area contributed by atoms with E-state index in [4.69, 9.17) is 0 Å². The molecule has 1 aromatic heterocycles. The second-order valence-corrected chi connectivity index (χ2v) is 4.60. The molecule has 2 amide bonds. The molecule has 1 N–H and O–H groups in total. The molecule has 0 fully saturated rings. The molecular formula is C10H10N4O3S. The third-order valence-electron chi connectivity index (χ3n) is 2.30. The van der Waals surface area contributed by atoms with Crippen LogP contribution in [0.5, 0.6) is 0 Å². The average molecular weight is 266 g/mol. The maximum Gasteiger partial charge on any atom is 0.322 e. The molecule has 0 radical (unpaired) electrons. The number of hydrogen-bond acceptors (Lipinski definition) is 5. The third kappa shape index (κ3) is 2.23. The summed E-state index contributed by atoms with van der Waals surface area (Å²) < 4.78 is 4.87. The first-order valence-corrected chi connectivity index (χ1v) is 5.78. The second kappa shape index (κ2) is 4.57. The van der Waals surface area contributed by atoms with E-state index in [0.29, 0.717) is 11.2 Å². The number of benzene rings is 1. The molecule has 1 heterocycles. The van der Waals surface area contributed by atoms with Crippen LogP contribution < -0.4 is 5.32 Å². The van der Waals surface area contributed by atoms with E-state index < -0.39 is 4.92 Å². The molecule has 1 aromatic carbocycles. The molecule has 8 heteroatoms. The Bertz CT molecular complexity index is 623. The van der Waals surface area contributed by atoms with Crippen molar-refractivity contribution in [1.82, 2.24) is 9.27 Å². The van der Waals surface area contributed by atoms with E-state index in [0.717, 1.165) is 4.70 Å². The number of carbonyl (C=O) groups is 1. The van der Waals surface area contributed by atoms with Crippen molar-refractivity contribution in [3.05, 3.63) is 28.3 Å². The highest BCUT2D eigenvalue weighted by Gasteiger charge is 2.14. The summed E-state index contributed by atoms with van der Waals surface area (Å²) in [6.07, 6.45) is 0. The van der Waals surface area contributed by atoms with Gasteiger partial charge in [0, 0.05) is 31.6 Å². The van der Waals surface area contributed by atoms with Gasteiger partial charge in [0.05, 0.1) is 9.62 Å². The molecule has 0 atom stereocenters. The summed E-state index contributed by atoms with van der Waals surface area (Å²) in [6, 6.07) is 4.12. The van der Waals surface area contributed by atoms with Crippen LogP contribution >= 0.6 is 11.5 Å². The molecule has 0 bridgehead atoms. The summed E-state index contributed by atoms with van der Waals surface area (Å²) in [5.41, 5.74) is -0.0250. The summed E-state index contributed by atoms with van der Waals surface area (Å²) in [5, 5.41) is 13.9. The number of fused-ring (bicyclic) bond motifs is 1. The predicted octanol–water partition coefficient (Wildman–Crippen LogP) is 2.30. The average Bonchev–Trinajstić information content (AvgIpc) is 2.71. The van der Waals surface area contributed by atoms with Crippen LogP contribution in [0, 0.1) is 10.1 Å². The van der Waals surface area contributed by atoms with Gasteiger partial charge >= 0.3 is 6.03 Å². The molecule has 0 aliphatic rings. The number of nitro benzene ring substituents is 1. The number of aromatic nitrogens is 1. The Kier molecular flexibility index (Phi) is 3.11. The lowest BCUT2D eigenvalue weighted by Crippen LogP contribution is -2.27. The summed E-state index contributed by atoms with van der Waals surface area (Å²) in [6.45, 7) is 0. The molecule has 2 aromatic rings. The van der Waals surface area contributed by atoms with Gasteiger partial charge in [-0.3, -0.25) is 15.4 Å². The minimum atomic E-state index is -0.478. The van der Waals surface area contributed by atoms with E-state index in [-0.39, 0.29) is 11.7 Å². The lowest BCUT2D eigenvalue weighted by atomic mass is 10.2. The van der Waals surface area contributed by atoms with Crippen molar-refractivity contribution in [3.8, 4) is 0 Å². The zero-order chi connectivity index (χ0) is 13.3. The highest BCUT2D eigenvalue weighted by atomic mass is 32.1. The van der Waals surface area contributed by atoms with Crippen LogP contribution in [-0.2, 0) is 0 Å². The van der Waals surface area contributed by atoms with Gasteiger partial charge in [0.15, 0.2) is 5.82 Å². The van der Waals surface area contributed by atoms with E-state index in [1.165, 1.54) is 28.6 Å². The molecule has 0 aliphatic carbocycles. The van der Waals surface area contributed by atoms with Crippen LogP contribution in [0.3, 0.4) is 0 Å². The molecule has 2 rings (SSSR count). The Labute approximate surface area is 106 Å². The highest BCUT2D eigenvalue weighted by molar-refractivity contribution is 7.13. The molecule has 94 valence electrons. The van der Waals surface area contributed by atoms with Crippen molar-refractivity contribution in [3.63, 3.8) is 0 Å². The zero-order valence-electron chi connectivity index (χ0n) is 9.71. The van der Waals surface area contributed by atoms with Crippen LogP contribution in [0.4, 0.5) is 16.3 Å². The van der Waals surface area contributed by atoms with E-state index >= 15 is 0 Å². The Morgan fingerprint density at radius 1 is 1.50 bits per heavy atom. The minimum Gasteiger partial charge on any atom is -0.331 e. The summed E-state index contributed by atoms with van der Waals surface area (Å²) in [5.74, 6) is 0.345. The molecule has 7 nitrogen and oxygen atoms in total. The molecule has 18 heavy (non-hydrogen) atoms. The Balaban J connectivity index is 2.42. The summed E-state index contributed by atoms with van der Waals surface area (Å²) in [4.78, 5) is 23.1. The number of nitrogens with one attached hydrogen (secondary N) is 1. The van der Waals surface area contributed by atoms with Crippen molar-refractivity contribution in [2.75, 3.05) is 19.4 Å². The molecular weight excluding hydrogens is 256 g/mol. The maximum absolute atomic E-state index is 11.5.